The number of nitrogens with zero attached hydrogens (tertiary/aromatic N) is 4. The van der Waals surface area contributed by atoms with E-state index in [4.69, 9.17) is 5.11 Å². The molecule has 2 aromatic rings. The molecule has 0 saturated carbocycles. The quantitative estimate of drug-likeness (QED) is 0.624. The van der Waals surface area contributed by atoms with Gasteiger partial charge in [-0.05, 0) is 12.8 Å². The molecule has 2 aliphatic rings. The van der Waals surface area contributed by atoms with Crippen LogP contribution in [0, 0.1) is 5.92 Å². The van der Waals surface area contributed by atoms with Gasteiger partial charge in [-0.15, -0.1) is 11.3 Å². The lowest BCUT2D eigenvalue weighted by atomic mass is 9.84. The second-order valence-corrected chi connectivity index (χ2v) is 9.97. The van der Waals surface area contributed by atoms with Gasteiger partial charge in [0.15, 0.2) is 0 Å². The summed E-state index contributed by atoms with van der Waals surface area (Å²) in [5.41, 5.74) is 0.423. The van der Waals surface area contributed by atoms with Gasteiger partial charge >= 0.3 is 5.97 Å². The summed E-state index contributed by atoms with van der Waals surface area (Å²) < 4.78 is 27.5. The van der Waals surface area contributed by atoms with Crippen molar-refractivity contribution in [3.05, 3.63) is 23.1 Å². The Balaban J connectivity index is 1.79. The number of amides is 1. The monoisotopic (exact) mass is 426 g/mol. The van der Waals surface area contributed by atoms with Crippen LogP contribution in [-0.2, 0) is 19.6 Å². The van der Waals surface area contributed by atoms with Crippen molar-refractivity contribution in [3.8, 4) is 0 Å². The fourth-order valence-electron chi connectivity index (χ4n) is 3.74. The summed E-state index contributed by atoms with van der Waals surface area (Å²) in [5, 5.41) is 18.7. The van der Waals surface area contributed by atoms with Crippen molar-refractivity contribution in [3.63, 3.8) is 0 Å². The van der Waals surface area contributed by atoms with Gasteiger partial charge in [-0.3, -0.25) is 9.20 Å². The third kappa shape index (κ3) is 2.52. The molecule has 1 amide bonds. The average molecular weight is 426 g/mol. The minimum absolute atomic E-state index is 0.0707. The molecule has 10 nitrogen and oxygen atoms in total. The van der Waals surface area contributed by atoms with Gasteiger partial charge < -0.3 is 15.1 Å². The number of carbonyl (C=O) groups is 2. The summed E-state index contributed by atoms with van der Waals surface area (Å²) in [6.07, 6.45) is 3.65. The van der Waals surface area contributed by atoms with E-state index in [0.717, 1.165) is 15.6 Å². The number of aliphatic carboxylic acids is 1. The van der Waals surface area contributed by atoms with Gasteiger partial charge in [0.05, 0.1) is 16.8 Å². The van der Waals surface area contributed by atoms with E-state index >= 15 is 0 Å². The van der Waals surface area contributed by atoms with E-state index in [1.165, 1.54) is 25.3 Å². The first kappa shape index (κ1) is 19.1. The number of rotatable bonds is 6. The second kappa shape index (κ2) is 6.37. The Hall–Kier alpha value is -2.28. The van der Waals surface area contributed by atoms with Crippen LogP contribution in [0.2, 0.25) is 0 Å². The predicted molar refractivity (Wildman–Crippen MR) is 98.9 cm³/mol. The van der Waals surface area contributed by atoms with Crippen LogP contribution >= 0.6 is 11.3 Å². The van der Waals surface area contributed by atoms with E-state index in [2.05, 4.69) is 4.98 Å². The van der Waals surface area contributed by atoms with Crippen LogP contribution in [0.25, 0.3) is 10.4 Å². The summed E-state index contributed by atoms with van der Waals surface area (Å²) in [6, 6.07) is -0.287. The Bertz CT molecular complexity index is 1130. The number of thiazole rings is 1. The highest BCUT2D eigenvalue weighted by atomic mass is 32.2. The molecule has 2 N–H and O–H groups in total. The number of aromatic nitrogens is 2. The molecule has 0 aromatic carbocycles. The molecule has 150 valence electrons. The van der Waals surface area contributed by atoms with Crippen LogP contribution in [0.1, 0.15) is 17.7 Å². The number of hydrogen-bond donors (Lipinski definition) is 2. The van der Waals surface area contributed by atoms with Crippen molar-refractivity contribution in [1.82, 2.24) is 18.6 Å². The molecule has 4 heterocycles. The number of aliphatic hydroxyl groups is 1. The van der Waals surface area contributed by atoms with Gasteiger partial charge in [0.25, 0.3) is 10.0 Å². The highest BCUT2D eigenvalue weighted by Gasteiger charge is 2.54. The molecule has 2 aromatic heterocycles. The van der Waals surface area contributed by atoms with Crippen molar-refractivity contribution >= 4 is 43.6 Å². The van der Waals surface area contributed by atoms with Crippen LogP contribution < -0.4 is 0 Å². The molecule has 2 aliphatic heterocycles. The van der Waals surface area contributed by atoms with Gasteiger partial charge in [0.1, 0.15) is 16.9 Å². The molecule has 12 heteroatoms. The minimum Gasteiger partial charge on any atom is -0.477 e. The molecular weight excluding hydrogens is 408 g/mol. The molecule has 4 rings (SSSR count). The third-order valence-electron chi connectivity index (χ3n) is 5.14. The number of carbonyl (C=O) groups excluding carboxylic acids is 1. The van der Waals surface area contributed by atoms with Crippen LogP contribution in [-0.4, -0.2) is 75.8 Å². The van der Waals surface area contributed by atoms with E-state index in [1.54, 1.807) is 10.6 Å². The van der Waals surface area contributed by atoms with E-state index in [-0.39, 0.29) is 29.3 Å². The minimum atomic E-state index is -3.75. The molecule has 0 bridgehead atoms. The molecule has 1 fully saturated rings. The van der Waals surface area contributed by atoms with Gasteiger partial charge in [0.2, 0.25) is 10.9 Å². The summed E-state index contributed by atoms with van der Waals surface area (Å²) in [7, 11) is -0.924. The van der Waals surface area contributed by atoms with E-state index in [1.807, 2.05) is 0 Å². The summed E-state index contributed by atoms with van der Waals surface area (Å²) in [4.78, 5) is 30.4. The Kier molecular flexibility index (Phi) is 4.34. The second-order valence-electron chi connectivity index (χ2n) is 6.88. The Labute approximate surface area is 164 Å². The first-order chi connectivity index (χ1) is 13.2. The zero-order valence-corrected chi connectivity index (χ0v) is 16.7. The van der Waals surface area contributed by atoms with E-state index in [9.17, 15) is 23.1 Å². The van der Waals surface area contributed by atoms with Crippen LogP contribution in [0.4, 0.5) is 0 Å². The maximum absolute atomic E-state index is 12.5. The summed E-state index contributed by atoms with van der Waals surface area (Å²) in [6.45, 7) is -0.140. The number of hydrogen-bond acceptors (Lipinski definition) is 7. The fourth-order valence-corrected chi connectivity index (χ4v) is 6.05. The molecule has 0 aliphatic carbocycles. The first-order valence-corrected chi connectivity index (χ1v) is 10.7. The Morgan fingerprint density at radius 2 is 2.14 bits per heavy atom. The van der Waals surface area contributed by atoms with Crippen molar-refractivity contribution in [2.75, 3.05) is 20.7 Å². The summed E-state index contributed by atoms with van der Waals surface area (Å²) >= 11 is 1.13. The number of carboxylic acid groups (broad SMARTS) is 1. The molecular formula is C16H18N4O6S2. The van der Waals surface area contributed by atoms with Gasteiger partial charge in [-0.2, -0.15) is 0 Å². The number of sulfonamides is 1. The standard InChI is InChI=1S/C16H18N4O6S2/c1-18(2)28(25,26)13-15-19(7-17-13)6-11(27-15)9-5-10-8(3-4-21)14(22)20(10)12(9)16(23)24/h6-8,10,21H,3-5H2,1-2H3,(H,23,24)/t8-,10+/m0/s1. The number of β-lactam (4-membered cyclic amide) rings is 1. The number of carboxylic acids is 1. The zero-order chi connectivity index (χ0) is 20.4. The predicted octanol–water partition coefficient (Wildman–Crippen LogP) is 0.0549. The lowest BCUT2D eigenvalue weighted by molar-refractivity contribution is -0.155. The van der Waals surface area contributed by atoms with Crippen molar-refractivity contribution in [2.45, 2.75) is 23.9 Å². The maximum Gasteiger partial charge on any atom is 0.352 e. The van der Waals surface area contributed by atoms with Gasteiger partial charge in [0, 0.05) is 32.5 Å². The Morgan fingerprint density at radius 3 is 2.75 bits per heavy atom. The summed E-state index contributed by atoms with van der Waals surface area (Å²) in [5.74, 6) is -1.90. The van der Waals surface area contributed by atoms with Gasteiger partial charge in [-0.1, -0.05) is 0 Å². The molecule has 28 heavy (non-hydrogen) atoms. The SMILES string of the molecule is CN(C)S(=O)(=O)c1ncn2cc(C3=C(C(=O)O)N4C(=O)[C@@H](CCO)[C@H]4C3)sc12. The number of imidazole rings is 1. The largest absolute Gasteiger partial charge is 0.477 e. The zero-order valence-electron chi connectivity index (χ0n) is 15.1. The maximum atomic E-state index is 12.5. The molecule has 2 atom stereocenters. The van der Waals surface area contributed by atoms with E-state index in [0.29, 0.717) is 28.1 Å². The lowest BCUT2D eigenvalue weighted by Crippen LogP contribution is -2.58. The third-order valence-corrected chi connectivity index (χ3v) is 8.18. The van der Waals surface area contributed by atoms with Crippen molar-refractivity contribution in [1.29, 1.82) is 0 Å². The smallest absolute Gasteiger partial charge is 0.352 e. The molecule has 0 radical (unpaired) electrons. The normalized spacial score (nSPS) is 22.3. The molecule has 1 saturated heterocycles. The van der Waals surface area contributed by atoms with Gasteiger partial charge in [-0.25, -0.2) is 22.5 Å². The highest BCUT2D eigenvalue weighted by molar-refractivity contribution is 7.89. The van der Waals surface area contributed by atoms with E-state index < -0.39 is 21.9 Å². The lowest BCUT2D eigenvalue weighted by Gasteiger charge is -2.43. The molecule has 0 unspecified atom stereocenters. The van der Waals surface area contributed by atoms with Crippen LogP contribution in [0.5, 0.6) is 0 Å². The average Bonchev–Trinajstić information content (AvgIpc) is 3.29. The molecule has 0 spiro atoms. The topological polar surface area (TPSA) is 133 Å². The Morgan fingerprint density at radius 1 is 1.43 bits per heavy atom. The first-order valence-electron chi connectivity index (χ1n) is 8.48. The highest BCUT2D eigenvalue weighted by Crippen LogP contribution is 2.48. The van der Waals surface area contributed by atoms with Crippen molar-refractivity contribution in [2.24, 2.45) is 5.92 Å². The fraction of sp³-hybridized carbons (Fsp3) is 0.438. The van der Waals surface area contributed by atoms with Crippen LogP contribution in [0.15, 0.2) is 23.2 Å². The number of fused-ring (bicyclic) bond motifs is 2. The van der Waals surface area contributed by atoms with Crippen molar-refractivity contribution < 1.29 is 28.2 Å². The van der Waals surface area contributed by atoms with Crippen LogP contribution in [0.3, 0.4) is 0 Å². The number of aliphatic hydroxyl groups excluding tert-OH is 1.